The molecule has 1 aliphatic rings. The van der Waals surface area contributed by atoms with Crippen molar-refractivity contribution in [1.82, 2.24) is 5.32 Å². The molecule has 1 aromatic rings. The van der Waals surface area contributed by atoms with Crippen molar-refractivity contribution in [3.8, 4) is 0 Å². The topological polar surface area (TPSA) is 67.4 Å². The molecule has 0 aromatic heterocycles. The second-order valence-corrected chi connectivity index (χ2v) is 4.87. The van der Waals surface area contributed by atoms with E-state index in [0.717, 1.165) is 24.1 Å². The predicted octanol–water partition coefficient (Wildman–Crippen LogP) is 1.69. The first-order chi connectivity index (χ1) is 9.69. The molecule has 0 aliphatic heterocycles. The number of carbonyl (C=O) groups is 2. The Morgan fingerprint density at radius 1 is 1.25 bits per heavy atom. The number of anilines is 1. The molecule has 0 saturated heterocycles. The maximum atomic E-state index is 11.6. The summed E-state index contributed by atoms with van der Waals surface area (Å²) in [5.41, 5.74) is 1.78. The van der Waals surface area contributed by atoms with Gasteiger partial charge >= 0.3 is 0 Å². The van der Waals surface area contributed by atoms with E-state index in [9.17, 15) is 9.59 Å². The average Bonchev–Trinajstić information content (AvgIpc) is 3.29. The summed E-state index contributed by atoms with van der Waals surface area (Å²) in [5, 5.41) is 5.65. The lowest BCUT2D eigenvalue weighted by molar-refractivity contribution is -0.125. The van der Waals surface area contributed by atoms with Gasteiger partial charge in [-0.25, -0.2) is 0 Å². The van der Waals surface area contributed by atoms with Gasteiger partial charge in [-0.1, -0.05) is 12.1 Å². The Morgan fingerprint density at radius 3 is 2.55 bits per heavy atom. The monoisotopic (exact) mass is 276 g/mol. The Labute approximate surface area is 118 Å². The van der Waals surface area contributed by atoms with Crippen LogP contribution in [0.25, 0.3) is 0 Å². The minimum atomic E-state index is -0.127. The van der Waals surface area contributed by atoms with Gasteiger partial charge in [-0.05, 0) is 37.5 Å². The maximum absolute atomic E-state index is 11.6. The molecule has 5 nitrogen and oxygen atoms in total. The smallest absolute Gasteiger partial charge is 0.246 e. The van der Waals surface area contributed by atoms with Crippen LogP contribution in [0.15, 0.2) is 24.3 Å². The van der Waals surface area contributed by atoms with Gasteiger partial charge in [-0.15, -0.1) is 0 Å². The molecule has 2 rings (SSSR count). The molecule has 1 fully saturated rings. The third-order valence-electron chi connectivity index (χ3n) is 3.10. The highest BCUT2D eigenvalue weighted by Crippen LogP contribution is 2.30. The highest BCUT2D eigenvalue weighted by molar-refractivity contribution is 5.94. The lowest BCUT2D eigenvalue weighted by atomic mass is 10.2. The van der Waals surface area contributed by atoms with Crippen molar-refractivity contribution in [3.05, 3.63) is 29.8 Å². The first kappa shape index (κ1) is 14.5. The molecule has 0 atom stereocenters. The summed E-state index contributed by atoms with van der Waals surface area (Å²) in [5.74, 6) is 0.174. The first-order valence-corrected chi connectivity index (χ1v) is 6.93. The molecule has 0 unspecified atom stereocenters. The van der Waals surface area contributed by atoms with E-state index in [1.807, 2.05) is 31.2 Å². The Kier molecular flexibility index (Phi) is 5.12. The number of hydrogen-bond acceptors (Lipinski definition) is 3. The summed E-state index contributed by atoms with van der Waals surface area (Å²) in [6, 6.07) is 7.49. The molecule has 20 heavy (non-hydrogen) atoms. The van der Waals surface area contributed by atoms with Crippen LogP contribution in [0.4, 0.5) is 5.69 Å². The van der Waals surface area contributed by atoms with Gasteiger partial charge in [0.15, 0.2) is 0 Å². The van der Waals surface area contributed by atoms with E-state index in [1.165, 1.54) is 0 Å². The number of nitrogens with one attached hydrogen (secondary N) is 2. The molecule has 1 aliphatic carbocycles. The second-order valence-electron chi connectivity index (χ2n) is 4.87. The summed E-state index contributed by atoms with van der Waals surface area (Å²) < 4.78 is 5.02. The largest absolute Gasteiger partial charge is 0.372 e. The quantitative estimate of drug-likeness (QED) is 0.796. The van der Waals surface area contributed by atoms with Crippen LogP contribution in [0.1, 0.15) is 25.3 Å². The minimum absolute atomic E-state index is 0.0893. The number of amides is 2. The molecule has 0 heterocycles. The van der Waals surface area contributed by atoms with Crippen LogP contribution < -0.4 is 10.6 Å². The number of carbonyl (C=O) groups excluding carboxylic acids is 2. The summed E-state index contributed by atoms with van der Waals surface area (Å²) >= 11 is 0. The fourth-order valence-electron chi connectivity index (χ4n) is 1.74. The van der Waals surface area contributed by atoms with Gasteiger partial charge in [0, 0.05) is 24.8 Å². The number of ether oxygens (including phenoxy) is 1. The van der Waals surface area contributed by atoms with Crippen molar-refractivity contribution in [3.63, 3.8) is 0 Å². The van der Waals surface area contributed by atoms with Gasteiger partial charge in [-0.3, -0.25) is 9.59 Å². The summed E-state index contributed by atoms with van der Waals surface area (Å²) in [7, 11) is 0. The van der Waals surface area contributed by atoms with Crippen molar-refractivity contribution in [2.24, 2.45) is 5.92 Å². The second kappa shape index (κ2) is 7.05. The summed E-state index contributed by atoms with van der Waals surface area (Å²) in [4.78, 5) is 23.0. The molecular weight excluding hydrogens is 256 g/mol. The van der Waals surface area contributed by atoms with Gasteiger partial charge in [0.25, 0.3) is 0 Å². The van der Waals surface area contributed by atoms with Crippen molar-refractivity contribution in [2.45, 2.75) is 26.3 Å². The fourth-order valence-corrected chi connectivity index (χ4v) is 1.74. The van der Waals surface area contributed by atoms with E-state index in [2.05, 4.69) is 10.6 Å². The van der Waals surface area contributed by atoms with E-state index in [1.54, 1.807) is 0 Å². The minimum Gasteiger partial charge on any atom is -0.372 e. The standard InChI is InChI=1S/C15H20N2O3/c1-2-20-10-14(18)16-9-11-3-7-13(8-4-11)17-15(19)12-5-6-12/h3-4,7-8,12H,2,5-6,9-10H2,1H3,(H,16,18)(H,17,19). The van der Waals surface area contributed by atoms with Crippen LogP contribution in [0.5, 0.6) is 0 Å². The van der Waals surface area contributed by atoms with Crippen molar-refractivity contribution < 1.29 is 14.3 Å². The van der Waals surface area contributed by atoms with Gasteiger partial charge < -0.3 is 15.4 Å². The summed E-state index contributed by atoms with van der Waals surface area (Å²) in [6.45, 7) is 2.93. The zero-order chi connectivity index (χ0) is 14.4. The Morgan fingerprint density at radius 2 is 1.95 bits per heavy atom. The molecule has 0 spiro atoms. The molecule has 2 N–H and O–H groups in total. The normalized spacial score (nSPS) is 13.8. The van der Waals surface area contributed by atoms with Gasteiger partial charge in [0.1, 0.15) is 6.61 Å². The number of hydrogen-bond donors (Lipinski definition) is 2. The van der Waals surface area contributed by atoms with Crippen LogP contribution in [0.2, 0.25) is 0 Å². The van der Waals surface area contributed by atoms with E-state index in [4.69, 9.17) is 4.74 Å². The van der Waals surface area contributed by atoms with E-state index < -0.39 is 0 Å². The molecular formula is C15H20N2O3. The van der Waals surface area contributed by atoms with E-state index in [-0.39, 0.29) is 24.3 Å². The van der Waals surface area contributed by atoms with Gasteiger partial charge in [-0.2, -0.15) is 0 Å². The van der Waals surface area contributed by atoms with Gasteiger partial charge in [0.2, 0.25) is 11.8 Å². The van der Waals surface area contributed by atoms with Crippen LogP contribution >= 0.6 is 0 Å². The van der Waals surface area contributed by atoms with Gasteiger partial charge in [0.05, 0.1) is 0 Å². The van der Waals surface area contributed by atoms with Crippen molar-refractivity contribution in [1.29, 1.82) is 0 Å². The first-order valence-electron chi connectivity index (χ1n) is 6.93. The maximum Gasteiger partial charge on any atom is 0.246 e. The fraction of sp³-hybridized carbons (Fsp3) is 0.467. The number of benzene rings is 1. The Hall–Kier alpha value is -1.88. The predicted molar refractivity (Wildman–Crippen MR) is 76.1 cm³/mol. The molecule has 1 aromatic carbocycles. The lowest BCUT2D eigenvalue weighted by Crippen LogP contribution is -2.27. The Bertz CT molecular complexity index is 467. The van der Waals surface area contributed by atoms with Crippen molar-refractivity contribution in [2.75, 3.05) is 18.5 Å². The highest BCUT2D eigenvalue weighted by atomic mass is 16.5. The van der Waals surface area contributed by atoms with Crippen LogP contribution in [0.3, 0.4) is 0 Å². The van der Waals surface area contributed by atoms with Crippen LogP contribution in [0, 0.1) is 5.92 Å². The third-order valence-corrected chi connectivity index (χ3v) is 3.10. The highest BCUT2D eigenvalue weighted by Gasteiger charge is 2.29. The molecule has 0 bridgehead atoms. The van der Waals surface area contributed by atoms with E-state index >= 15 is 0 Å². The summed E-state index contributed by atoms with van der Waals surface area (Å²) in [6.07, 6.45) is 1.99. The van der Waals surface area contributed by atoms with E-state index in [0.29, 0.717) is 13.2 Å². The van der Waals surface area contributed by atoms with Crippen LogP contribution in [-0.4, -0.2) is 25.0 Å². The lowest BCUT2D eigenvalue weighted by Gasteiger charge is -2.07. The molecule has 1 saturated carbocycles. The molecule has 5 heteroatoms. The Balaban J connectivity index is 1.76. The third kappa shape index (κ3) is 4.66. The zero-order valence-electron chi connectivity index (χ0n) is 11.6. The average molecular weight is 276 g/mol. The molecule has 2 amide bonds. The number of rotatable bonds is 7. The van der Waals surface area contributed by atoms with Crippen LogP contribution in [-0.2, 0) is 20.9 Å². The molecule has 0 radical (unpaired) electrons. The SMILES string of the molecule is CCOCC(=O)NCc1ccc(NC(=O)C2CC2)cc1. The zero-order valence-corrected chi connectivity index (χ0v) is 11.6. The molecule has 108 valence electrons. The van der Waals surface area contributed by atoms with Crippen molar-refractivity contribution >= 4 is 17.5 Å².